The van der Waals surface area contributed by atoms with Crippen LogP contribution < -0.4 is 424 Å². The maximum absolute atomic E-state index is 13.2. The van der Waals surface area contributed by atoms with E-state index in [4.69, 9.17) is 28.4 Å². The number of hydrogen-bond acceptors (Lipinski definition) is 52. The number of thioether (sulfide) groups is 2. The molecule has 0 aromatic heterocycles. The molecule has 0 saturated carbocycles. The van der Waals surface area contributed by atoms with E-state index < -0.39 is 318 Å². The van der Waals surface area contributed by atoms with Gasteiger partial charge in [-0.3, -0.25) is 73.3 Å². The van der Waals surface area contributed by atoms with Crippen LogP contribution >= 0.6 is 23.5 Å². The molecule has 0 bridgehead atoms. The van der Waals surface area contributed by atoms with Gasteiger partial charge in [0, 0.05) is 34.0 Å². The zero-order chi connectivity index (χ0) is 92.9. The monoisotopic (exact) mass is 2420 g/mol. The molecule has 4 saturated heterocycles. The van der Waals surface area contributed by atoms with Crippen LogP contribution in [0.1, 0.15) is 12.8 Å². The summed E-state index contributed by atoms with van der Waals surface area (Å²) < 4.78 is 568. The second kappa shape index (κ2) is 68.2. The summed E-state index contributed by atoms with van der Waals surface area (Å²) in [5.74, 6) is -2.05. The molecule has 4 aliphatic rings. The van der Waals surface area contributed by atoms with E-state index in [1.54, 1.807) is 0 Å². The van der Waals surface area contributed by atoms with Gasteiger partial charge in [0.25, 0.3) is 0 Å². The number of amides is 2. The Hall–Kier alpha value is 10.0. The number of anilines is 2. The van der Waals surface area contributed by atoms with Crippen LogP contribution in [0.2, 0.25) is 0 Å². The first-order valence-corrected chi connectivity index (χ1v) is 50.9. The largest absolute Gasteiger partial charge is 1.00 e. The molecule has 66 nitrogen and oxygen atoms in total. The summed E-state index contributed by atoms with van der Waals surface area (Å²) in [6, 6.07) is 7.71. The fourth-order valence-corrected chi connectivity index (χ4v) is 18.9. The van der Waals surface area contributed by atoms with Gasteiger partial charge in [0.15, 0.2) is 24.8 Å². The minimum absolute atomic E-state index is 0. The summed E-state index contributed by atoms with van der Waals surface area (Å²) in [6.45, 7) is -7.68. The average molecular weight is 2420 g/mol. The van der Waals surface area contributed by atoms with Crippen LogP contribution in [-0.2, 0) is 242 Å². The van der Waals surface area contributed by atoms with Gasteiger partial charge in [0.1, 0.15) is 96.3 Å². The number of carbonyl (C=O) groups excluding carboxylic acids is 2. The maximum Gasteiger partial charge on any atom is 1.00 e. The van der Waals surface area contributed by atoms with Crippen molar-refractivity contribution in [2.45, 2.75) is 144 Å². The molecule has 4 fully saturated rings. The van der Waals surface area contributed by atoms with Crippen LogP contribution in [0.3, 0.4) is 0 Å². The zero-order valence-corrected chi connectivity index (χ0v) is 113. The molecule has 2 aromatic carbocycles. The third kappa shape index (κ3) is 64.9. The molecule has 0 spiro atoms. The van der Waals surface area contributed by atoms with E-state index in [-0.39, 0.29) is 458 Å². The molecular formula is C40H56N2Na14O64S16+14. The Balaban J connectivity index is -0.00000165. The second-order valence-electron chi connectivity index (χ2n) is 23.0. The number of benzene rings is 2. The summed E-state index contributed by atoms with van der Waals surface area (Å²) in [7, 11) is -85.6. The minimum Gasteiger partial charge on any atom is -0.356 e. The summed E-state index contributed by atoms with van der Waals surface area (Å²) in [4.78, 5) is 25.8. The van der Waals surface area contributed by atoms with Crippen LogP contribution in [0.25, 0.3) is 0 Å². The quantitative estimate of drug-likeness (QED) is 0.0216. The van der Waals surface area contributed by atoms with Crippen LogP contribution in [0.4, 0.5) is 11.4 Å². The van der Waals surface area contributed by atoms with Crippen LogP contribution in [-0.4, -0.2) is 341 Å². The molecule has 0 unspecified atom stereocenters. The summed E-state index contributed by atoms with van der Waals surface area (Å²) in [5, 5.41) is 4.57. The van der Waals surface area contributed by atoms with E-state index in [0.717, 1.165) is 48.5 Å². The smallest absolute Gasteiger partial charge is 0.356 e. The molecular weight excluding hydrogens is 2370 g/mol. The minimum atomic E-state index is -6.30. The normalized spacial score (nSPS) is 25.8. The van der Waals surface area contributed by atoms with Gasteiger partial charge in [0.2, 0.25) is 11.8 Å². The predicted molar refractivity (Wildman–Crippen MR) is 370 cm³/mol. The number of nitrogens with one attached hydrogen (secondary N) is 2. The summed E-state index contributed by atoms with van der Waals surface area (Å²) in [5.41, 5.74) is -5.38. The van der Waals surface area contributed by atoms with Crippen molar-refractivity contribution < 1.29 is 692 Å². The Morgan fingerprint density at radius 3 is 0.618 bits per heavy atom. The van der Waals surface area contributed by atoms with Gasteiger partial charge in [0.05, 0.1) is 26.4 Å². The van der Waals surface area contributed by atoms with Crippen molar-refractivity contribution in [3.05, 3.63) is 48.5 Å². The molecule has 0 radical (unpaired) electrons. The zero-order valence-electron chi connectivity index (χ0n) is 71.6. The fourth-order valence-electron chi connectivity index (χ4n) is 10.4. The Bertz CT molecular complexity index is 5480. The molecule has 136 heavy (non-hydrogen) atoms. The van der Waals surface area contributed by atoms with Crippen LogP contribution in [0, 0.1) is 0 Å². The Kier molecular flexibility index (Phi) is 82.0. The van der Waals surface area contributed by atoms with Crippen molar-refractivity contribution in [3.63, 3.8) is 0 Å². The molecule has 16 N–H and O–H groups in total. The summed E-state index contributed by atoms with van der Waals surface area (Å²) in [6.07, 6.45) is -58.4. The first-order valence-electron chi connectivity index (χ1n) is 30.0. The third-order valence-electron chi connectivity index (χ3n) is 14.2. The standard InChI is InChI=1S/C40H56N2O64S16.14Na/c43-23(41-15-1-5-17(6-2-15)107-39-35(105-121(81,82)83)29(99-115(63,64)65)25(19(93-39)11-87-109(45,46)47)95-37-33(103-119(75,76)77)31(101-117(69,70)71)27(97-113(57,58)59)21(91-37)13-89-111(51,52)53)9-10-24(44)42-16-3-7-18(8-4-16)108-40-36(106-122(84,85)86)30(100-116(66,67)68)26(20(94-40)12-88-110(48,49)50)96-38-34(104-120(78,79)80)32(102-118(72,73)74)28(98-114(60,61)62)22(92-38)14-90-112(54,55)56;;;;;;;;;;;;;;/h1-8,19-22,25-40H,9-14H2,(H,41,43)(H,42,44)(H,45,46,47)(H,48,49,50)(H,51,52,53)(H,54,55,56)(H,57,58,59)(H,60,61,62)(H,63,64,65)(H,66,67,68)(H,69,70,71)(H,72,73,74)(H,75,76,77)(H,78,79,80)(H,81,82,83)(H,84,85,86);;;;;;;;;;;;;;/q;14*+1/t19-,20-,21-,22-,25-,26-,27-,28-,29+,30+,31+,32+,33-,34-,35-,36-,37-,38-,39+,40+;;;;;;;;;;;;;;/m1............../s1. The Morgan fingerprint density at radius 1 is 0.243 bits per heavy atom. The SMILES string of the molecule is O=C(CCC(=O)Nc1ccc(S[C@@H]2O[C@H](COS(=O)(=O)O)[C@@H](O[C@H]3O[C@H](COS(=O)(=O)O)[C@@H](OS(=O)(=O)O)[C@H](OS(=O)(=O)O)[C@H]3OS(=O)(=O)O)[C@H](OS(=O)(=O)O)[C@H]2OS(=O)(=O)O)cc1)Nc1ccc(S[C@@H]2O[C@H](COS(=O)(=O)O)[C@@H](O[C@H]3O[C@H](COS(=O)(=O)O)[C@@H](OS(=O)(=O)O)[C@H](OS(=O)(=O)O)[C@H]3OS(=O)(=O)O)[C@H](OS(=O)(=O)O)[C@H]2OS(=O)(=O)O)cc1.[Na+].[Na+].[Na+].[Na+].[Na+].[Na+].[Na+].[Na+].[Na+].[Na+].[Na+].[Na+].[Na+].[Na+]. The molecule has 2 amide bonds. The number of ether oxygens (including phenoxy) is 6. The molecule has 4 aliphatic heterocycles. The molecule has 96 heteroatoms. The van der Waals surface area contributed by atoms with Gasteiger partial charge in [-0.25, -0.2) is 58.6 Å². The summed E-state index contributed by atoms with van der Waals surface area (Å²) >= 11 is 0.157. The number of rotatable bonds is 45. The van der Waals surface area contributed by atoms with E-state index >= 15 is 0 Å². The van der Waals surface area contributed by atoms with E-state index in [1.807, 2.05) is 0 Å². The van der Waals surface area contributed by atoms with Crippen molar-refractivity contribution in [2.24, 2.45) is 0 Å². The molecule has 0 aliphatic carbocycles. The van der Waals surface area contributed by atoms with Crippen molar-refractivity contribution in [1.82, 2.24) is 0 Å². The fraction of sp³-hybridized carbons (Fsp3) is 0.650. The van der Waals surface area contributed by atoms with E-state index in [9.17, 15) is 191 Å². The number of hydrogen-bond donors (Lipinski definition) is 16. The van der Waals surface area contributed by atoms with Gasteiger partial charge in [-0.15, -0.1) is 0 Å². The van der Waals surface area contributed by atoms with Gasteiger partial charge in [-0.1, -0.05) is 23.5 Å². The van der Waals surface area contributed by atoms with Crippen molar-refractivity contribution in [3.8, 4) is 0 Å². The predicted octanol–water partition coefficient (Wildman–Crippen LogP) is -49.9. The molecule has 2 aromatic rings. The Morgan fingerprint density at radius 2 is 0.419 bits per heavy atom. The third-order valence-corrected chi connectivity index (χ3v) is 22.9. The molecule has 20 atom stereocenters. The topological polar surface area (TPSA) is 1000 Å². The Labute approximate surface area is 1090 Å². The van der Waals surface area contributed by atoms with Gasteiger partial charge < -0.3 is 39.1 Å². The van der Waals surface area contributed by atoms with Gasteiger partial charge >= 0.3 is 559 Å². The van der Waals surface area contributed by atoms with E-state index in [0.29, 0.717) is 0 Å². The first-order chi connectivity index (χ1) is 54.9. The molecule has 6 rings (SSSR count). The maximum atomic E-state index is 13.2. The van der Waals surface area contributed by atoms with Crippen molar-refractivity contribution >= 4 is 192 Å². The van der Waals surface area contributed by atoms with Crippen LogP contribution in [0.15, 0.2) is 58.3 Å². The second-order valence-corrected chi connectivity index (χ2v) is 40.2. The van der Waals surface area contributed by atoms with Crippen molar-refractivity contribution in [1.29, 1.82) is 0 Å². The van der Waals surface area contributed by atoms with Gasteiger partial charge in [-0.2, -0.15) is 118 Å². The number of carbonyl (C=O) groups is 2. The van der Waals surface area contributed by atoms with E-state index in [2.05, 4.69) is 69.2 Å². The van der Waals surface area contributed by atoms with E-state index in [1.165, 1.54) is 0 Å². The average Bonchev–Trinajstić information content (AvgIpc) is 0.755. The first kappa shape index (κ1) is 164. The van der Waals surface area contributed by atoms with Gasteiger partial charge in [-0.05, 0) is 48.5 Å². The molecule has 4 heterocycles. The van der Waals surface area contributed by atoms with Crippen LogP contribution in [0.5, 0.6) is 0 Å². The molecule has 706 valence electrons. The van der Waals surface area contributed by atoms with Crippen molar-refractivity contribution in [2.75, 3.05) is 37.1 Å².